The quantitative estimate of drug-likeness (QED) is 0.796. The normalized spacial score (nSPS) is 14.6. The molecule has 0 unspecified atom stereocenters. The number of hydrogen-bond acceptors (Lipinski definition) is 3. The molecule has 0 bridgehead atoms. The number of anilines is 1. The molecule has 0 atom stereocenters. The fraction of sp³-hybridized carbons (Fsp3) is 0.182. The monoisotopic (exact) mass is 267 g/mol. The van der Waals surface area contributed by atoms with Crippen molar-refractivity contribution in [3.8, 4) is 0 Å². The van der Waals surface area contributed by atoms with E-state index in [0.29, 0.717) is 10.7 Å². The number of halogens is 1. The Balaban J connectivity index is 1.95. The maximum Gasteiger partial charge on any atom is 0.325 e. The van der Waals surface area contributed by atoms with Crippen LogP contribution in [0.5, 0.6) is 0 Å². The van der Waals surface area contributed by atoms with E-state index in [1.165, 1.54) is 0 Å². The SMILES string of the molecule is O=C1CN(CC(=O)Nc2ccccc2Cl)C(=O)N1. The summed E-state index contributed by atoms with van der Waals surface area (Å²) >= 11 is 5.88. The zero-order valence-corrected chi connectivity index (χ0v) is 10.0. The molecular formula is C11H10ClN3O3. The molecule has 1 aromatic rings. The Morgan fingerprint density at radius 3 is 2.72 bits per heavy atom. The first-order chi connectivity index (χ1) is 8.56. The highest BCUT2D eigenvalue weighted by atomic mass is 35.5. The van der Waals surface area contributed by atoms with Crippen molar-refractivity contribution in [2.75, 3.05) is 18.4 Å². The van der Waals surface area contributed by atoms with Crippen molar-refractivity contribution in [2.45, 2.75) is 0 Å². The van der Waals surface area contributed by atoms with Crippen LogP contribution in [0.3, 0.4) is 0 Å². The minimum atomic E-state index is -0.561. The van der Waals surface area contributed by atoms with Crippen LogP contribution >= 0.6 is 11.6 Å². The Morgan fingerprint density at radius 2 is 2.11 bits per heavy atom. The number of urea groups is 1. The first-order valence-electron chi connectivity index (χ1n) is 5.19. The number of amides is 4. The molecule has 0 saturated carbocycles. The Labute approximate surface area is 108 Å². The fourth-order valence-corrected chi connectivity index (χ4v) is 1.72. The van der Waals surface area contributed by atoms with Crippen molar-refractivity contribution in [2.24, 2.45) is 0 Å². The molecule has 2 N–H and O–H groups in total. The predicted octanol–water partition coefficient (Wildman–Crippen LogP) is 0.830. The van der Waals surface area contributed by atoms with Gasteiger partial charge in [-0.1, -0.05) is 23.7 Å². The zero-order chi connectivity index (χ0) is 13.1. The molecular weight excluding hydrogens is 258 g/mol. The first-order valence-corrected chi connectivity index (χ1v) is 5.57. The van der Waals surface area contributed by atoms with Gasteiger partial charge in [-0.25, -0.2) is 4.79 Å². The molecule has 0 aliphatic carbocycles. The first kappa shape index (κ1) is 12.4. The Bertz CT molecular complexity index is 518. The summed E-state index contributed by atoms with van der Waals surface area (Å²) in [5.41, 5.74) is 0.468. The highest BCUT2D eigenvalue weighted by Crippen LogP contribution is 2.20. The van der Waals surface area contributed by atoms with Crippen LogP contribution in [-0.4, -0.2) is 35.8 Å². The predicted molar refractivity (Wildman–Crippen MR) is 65.2 cm³/mol. The minimum absolute atomic E-state index is 0.102. The van der Waals surface area contributed by atoms with Crippen LogP contribution in [0.15, 0.2) is 24.3 Å². The molecule has 1 fully saturated rings. The van der Waals surface area contributed by atoms with Gasteiger partial charge in [0, 0.05) is 0 Å². The molecule has 7 heteroatoms. The second kappa shape index (κ2) is 5.05. The highest BCUT2D eigenvalue weighted by molar-refractivity contribution is 6.33. The van der Waals surface area contributed by atoms with Crippen molar-refractivity contribution in [1.29, 1.82) is 0 Å². The van der Waals surface area contributed by atoms with Gasteiger partial charge in [-0.15, -0.1) is 0 Å². The number of para-hydroxylation sites is 1. The third-order valence-corrected chi connectivity index (χ3v) is 2.68. The van der Waals surface area contributed by atoms with Crippen molar-refractivity contribution < 1.29 is 14.4 Å². The summed E-state index contributed by atoms with van der Waals surface area (Å²) in [6.07, 6.45) is 0. The van der Waals surface area contributed by atoms with E-state index < -0.39 is 17.8 Å². The summed E-state index contributed by atoms with van der Waals surface area (Å²) in [6.45, 7) is -0.294. The van der Waals surface area contributed by atoms with Crippen LogP contribution in [0.25, 0.3) is 0 Å². The lowest BCUT2D eigenvalue weighted by Gasteiger charge is -2.13. The molecule has 1 aromatic carbocycles. The van der Waals surface area contributed by atoms with E-state index in [2.05, 4.69) is 10.6 Å². The number of carbonyl (C=O) groups excluding carboxylic acids is 3. The standard InChI is InChI=1S/C11H10ClN3O3/c12-7-3-1-2-4-8(7)13-9(16)5-15-6-10(17)14-11(15)18/h1-4H,5-6H2,(H,13,16)(H,14,17,18). The summed E-state index contributed by atoms with van der Waals surface area (Å²) in [6, 6.07) is 6.20. The van der Waals surface area contributed by atoms with Gasteiger partial charge >= 0.3 is 6.03 Å². The summed E-state index contributed by atoms with van der Waals surface area (Å²) in [5, 5.41) is 5.07. The number of nitrogens with one attached hydrogen (secondary N) is 2. The highest BCUT2D eigenvalue weighted by Gasteiger charge is 2.28. The lowest BCUT2D eigenvalue weighted by atomic mass is 10.3. The van der Waals surface area contributed by atoms with Gasteiger partial charge in [0.05, 0.1) is 10.7 Å². The number of carbonyl (C=O) groups is 3. The number of benzene rings is 1. The Hall–Kier alpha value is -2.08. The van der Waals surface area contributed by atoms with E-state index >= 15 is 0 Å². The average Bonchev–Trinajstić information content (AvgIpc) is 2.61. The molecule has 1 heterocycles. The van der Waals surface area contributed by atoms with Crippen LogP contribution < -0.4 is 10.6 Å². The molecule has 0 aromatic heterocycles. The van der Waals surface area contributed by atoms with Crippen molar-refractivity contribution in [3.05, 3.63) is 29.3 Å². The van der Waals surface area contributed by atoms with E-state index in [1.807, 2.05) is 0 Å². The molecule has 94 valence electrons. The molecule has 0 spiro atoms. The van der Waals surface area contributed by atoms with Gasteiger partial charge in [0.15, 0.2) is 0 Å². The Morgan fingerprint density at radius 1 is 1.39 bits per heavy atom. The summed E-state index contributed by atoms with van der Waals surface area (Å²) in [4.78, 5) is 34.9. The molecule has 0 radical (unpaired) electrons. The number of imide groups is 1. The van der Waals surface area contributed by atoms with E-state index in [4.69, 9.17) is 11.6 Å². The van der Waals surface area contributed by atoms with Crippen molar-refractivity contribution in [1.82, 2.24) is 10.2 Å². The van der Waals surface area contributed by atoms with Gasteiger partial charge in [0.25, 0.3) is 0 Å². The van der Waals surface area contributed by atoms with Crippen LogP contribution in [0, 0.1) is 0 Å². The molecule has 1 aliphatic heterocycles. The van der Waals surface area contributed by atoms with E-state index in [9.17, 15) is 14.4 Å². The number of hydrogen-bond donors (Lipinski definition) is 2. The lowest BCUT2D eigenvalue weighted by Crippen LogP contribution is -2.35. The molecule has 4 amide bonds. The van der Waals surface area contributed by atoms with Gasteiger partial charge in [0.1, 0.15) is 13.1 Å². The second-order valence-corrected chi connectivity index (χ2v) is 4.14. The minimum Gasteiger partial charge on any atom is -0.323 e. The molecule has 1 aliphatic rings. The maximum atomic E-state index is 11.7. The lowest BCUT2D eigenvalue weighted by molar-refractivity contribution is -0.119. The number of nitrogens with zero attached hydrogens (tertiary/aromatic N) is 1. The summed E-state index contributed by atoms with van der Waals surface area (Å²) < 4.78 is 0. The van der Waals surface area contributed by atoms with Gasteiger partial charge in [-0.3, -0.25) is 14.9 Å². The van der Waals surface area contributed by atoms with Crippen LogP contribution in [-0.2, 0) is 9.59 Å². The topological polar surface area (TPSA) is 78.5 Å². The number of rotatable bonds is 3. The summed E-state index contributed by atoms with van der Waals surface area (Å²) in [7, 11) is 0. The molecule has 1 saturated heterocycles. The van der Waals surface area contributed by atoms with Crippen LogP contribution in [0.1, 0.15) is 0 Å². The van der Waals surface area contributed by atoms with Crippen LogP contribution in [0.4, 0.5) is 10.5 Å². The third-order valence-electron chi connectivity index (χ3n) is 2.35. The van der Waals surface area contributed by atoms with E-state index in [-0.39, 0.29) is 13.1 Å². The average molecular weight is 268 g/mol. The summed E-state index contributed by atoms with van der Waals surface area (Å²) in [5.74, 6) is -0.821. The smallest absolute Gasteiger partial charge is 0.323 e. The maximum absolute atomic E-state index is 11.7. The fourth-order valence-electron chi connectivity index (χ4n) is 1.54. The van der Waals surface area contributed by atoms with Crippen molar-refractivity contribution in [3.63, 3.8) is 0 Å². The van der Waals surface area contributed by atoms with E-state index in [1.54, 1.807) is 24.3 Å². The van der Waals surface area contributed by atoms with Crippen LogP contribution in [0.2, 0.25) is 5.02 Å². The van der Waals surface area contributed by atoms with Gasteiger partial charge in [-0.2, -0.15) is 0 Å². The second-order valence-electron chi connectivity index (χ2n) is 3.74. The van der Waals surface area contributed by atoms with Gasteiger partial charge < -0.3 is 10.2 Å². The van der Waals surface area contributed by atoms with Crippen molar-refractivity contribution >= 4 is 35.1 Å². The Kier molecular flexibility index (Phi) is 3.47. The molecule has 2 rings (SSSR count). The zero-order valence-electron chi connectivity index (χ0n) is 9.27. The molecule has 6 nitrogen and oxygen atoms in total. The van der Waals surface area contributed by atoms with Gasteiger partial charge in [-0.05, 0) is 12.1 Å². The third kappa shape index (κ3) is 2.78. The largest absolute Gasteiger partial charge is 0.325 e. The molecule has 18 heavy (non-hydrogen) atoms. The van der Waals surface area contributed by atoms with E-state index in [0.717, 1.165) is 4.90 Å². The van der Waals surface area contributed by atoms with Gasteiger partial charge in [0.2, 0.25) is 11.8 Å².